The molecule has 150 valence electrons. The molecule has 0 radical (unpaired) electrons. The molecule has 28 heavy (non-hydrogen) atoms. The van der Waals surface area contributed by atoms with Gasteiger partial charge in [0, 0.05) is 18.0 Å². The third-order valence-corrected chi connectivity index (χ3v) is 5.68. The van der Waals surface area contributed by atoms with Crippen molar-refractivity contribution in [1.82, 2.24) is 5.32 Å². The Kier molecular flexibility index (Phi) is 7.62. The van der Waals surface area contributed by atoms with Gasteiger partial charge in [0.1, 0.15) is 6.61 Å². The Balaban J connectivity index is 1.51. The number of carbonyl (C=O) groups is 1. The van der Waals surface area contributed by atoms with Crippen molar-refractivity contribution >= 4 is 17.7 Å². The van der Waals surface area contributed by atoms with Crippen molar-refractivity contribution < 1.29 is 19.0 Å². The number of amides is 1. The second-order valence-electron chi connectivity index (χ2n) is 6.72. The average molecular weight is 402 g/mol. The number of nitrogens with one attached hydrogen (secondary N) is 1. The number of carbonyl (C=O) groups excluding carboxylic acids is 1. The molecule has 0 saturated carbocycles. The lowest BCUT2D eigenvalue weighted by Crippen LogP contribution is -2.30. The molecular formula is C22H27NO4S. The number of hydrogen-bond donors (Lipinski definition) is 1. The molecule has 5 nitrogen and oxygen atoms in total. The predicted molar refractivity (Wildman–Crippen MR) is 111 cm³/mol. The van der Waals surface area contributed by atoms with Crippen LogP contribution in [0.4, 0.5) is 0 Å². The molecule has 2 aromatic carbocycles. The quantitative estimate of drug-likeness (QED) is 0.643. The fraction of sp³-hybridized carbons (Fsp3) is 0.409. The molecule has 0 aliphatic carbocycles. The minimum Gasteiger partial charge on any atom is -0.493 e. The number of thioether (sulfide) groups is 1. The van der Waals surface area contributed by atoms with Crippen LogP contribution in [0.3, 0.4) is 0 Å². The highest BCUT2D eigenvalue weighted by Gasteiger charge is 2.18. The fourth-order valence-electron chi connectivity index (χ4n) is 2.99. The summed E-state index contributed by atoms with van der Waals surface area (Å²) >= 11 is 1.55. The van der Waals surface area contributed by atoms with Crippen LogP contribution in [0, 0.1) is 0 Å². The molecule has 3 rings (SSSR count). The second-order valence-corrected chi connectivity index (χ2v) is 8.14. The van der Waals surface area contributed by atoms with Crippen LogP contribution in [0.1, 0.15) is 25.3 Å². The first-order valence-corrected chi connectivity index (χ1v) is 10.4. The topological polar surface area (TPSA) is 56.8 Å². The first-order valence-electron chi connectivity index (χ1n) is 9.56. The summed E-state index contributed by atoms with van der Waals surface area (Å²) in [6.45, 7) is 3.70. The highest BCUT2D eigenvalue weighted by Crippen LogP contribution is 2.29. The Morgan fingerprint density at radius 3 is 2.79 bits per heavy atom. The summed E-state index contributed by atoms with van der Waals surface area (Å²) in [5.41, 5.74) is 0.964. The van der Waals surface area contributed by atoms with E-state index in [1.165, 1.54) is 0 Å². The average Bonchev–Trinajstić information content (AvgIpc) is 3.25. The Labute approximate surface area is 170 Å². The van der Waals surface area contributed by atoms with E-state index in [-0.39, 0.29) is 17.3 Å². The first-order chi connectivity index (χ1) is 13.7. The van der Waals surface area contributed by atoms with E-state index >= 15 is 0 Å². The van der Waals surface area contributed by atoms with Crippen LogP contribution in [-0.2, 0) is 16.1 Å². The van der Waals surface area contributed by atoms with Crippen molar-refractivity contribution in [3.05, 3.63) is 54.1 Å². The maximum absolute atomic E-state index is 12.4. The van der Waals surface area contributed by atoms with Gasteiger partial charge in [0.05, 0.1) is 18.5 Å². The molecule has 1 amide bonds. The lowest BCUT2D eigenvalue weighted by Gasteiger charge is -2.16. The predicted octanol–water partition coefficient (Wildman–Crippen LogP) is 4.05. The number of benzene rings is 2. The van der Waals surface area contributed by atoms with Gasteiger partial charge < -0.3 is 19.5 Å². The summed E-state index contributed by atoms with van der Waals surface area (Å²) in [5.74, 6) is 1.36. The van der Waals surface area contributed by atoms with Gasteiger partial charge in [-0.15, -0.1) is 11.8 Å². The van der Waals surface area contributed by atoms with Gasteiger partial charge in [0.15, 0.2) is 11.5 Å². The lowest BCUT2D eigenvalue weighted by molar-refractivity contribution is -0.120. The van der Waals surface area contributed by atoms with E-state index in [9.17, 15) is 4.79 Å². The smallest absolute Gasteiger partial charge is 0.233 e. The number of rotatable bonds is 9. The van der Waals surface area contributed by atoms with Crippen LogP contribution in [0.2, 0.25) is 0 Å². The minimum atomic E-state index is -0.168. The van der Waals surface area contributed by atoms with Crippen LogP contribution in [0.5, 0.6) is 11.5 Å². The molecule has 1 aliphatic heterocycles. The van der Waals surface area contributed by atoms with Gasteiger partial charge in [-0.1, -0.05) is 24.3 Å². The largest absolute Gasteiger partial charge is 0.493 e. The van der Waals surface area contributed by atoms with Crippen LogP contribution in [0.15, 0.2) is 53.4 Å². The molecule has 1 heterocycles. The van der Waals surface area contributed by atoms with Crippen molar-refractivity contribution in [2.24, 2.45) is 0 Å². The second kappa shape index (κ2) is 10.4. The fourth-order valence-corrected chi connectivity index (χ4v) is 3.90. The molecule has 0 bridgehead atoms. The zero-order valence-corrected chi connectivity index (χ0v) is 17.2. The minimum absolute atomic E-state index is 0.00604. The number of hydrogen-bond acceptors (Lipinski definition) is 5. The number of methoxy groups -OCH3 is 1. The monoisotopic (exact) mass is 401 g/mol. The van der Waals surface area contributed by atoms with Crippen molar-refractivity contribution in [1.29, 1.82) is 0 Å². The molecule has 0 spiro atoms. The van der Waals surface area contributed by atoms with E-state index in [1.807, 2.05) is 55.5 Å². The normalized spacial score (nSPS) is 17.1. The van der Waals surface area contributed by atoms with E-state index in [2.05, 4.69) is 5.32 Å². The standard InChI is InChI=1S/C22H27NO4S/c1-16(28-19-8-4-3-5-9-19)22(24)23-14-17-10-11-20(21(13-17)25-2)27-15-18-7-6-12-26-18/h3-5,8-11,13,16,18H,6-7,12,14-15H2,1-2H3,(H,23,24). The van der Waals surface area contributed by atoms with Crippen LogP contribution >= 0.6 is 11.8 Å². The van der Waals surface area contributed by atoms with Crippen molar-refractivity contribution in [2.75, 3.05) is 20.3 Å². The SMILES string of the molecule is COc1cc(CNC(=O)C(C)Sc2ccccc2)ccc1OCC1CCCO1. The summed E-state index contributed by atoms with van der Waals surface area (Å²) in [6, 6.07) is 15.7. The lowest BCUT2D eigenvalue weighted by atomic mass is 10.2. The first kappa shape index (κ1) is 20.6. The maximum Gasteiger partial charge on any atom is 0.233 e. The van der Waals surface area contributed by atoms with Gasteiger partial charge in [0.2, 0.25) is 5.91 Å². The number of ether oxygens (including phenoxy) is 3. The maximum atomic E-state index is 12.4. The van der Waals surface area contributed by atoms with E-state index in [1.54, 1.807) is 18.9 Å². The molecule has 2 aromatic rings. The van der Waals surface area contributed by atoms with Gasteiger partial charge in [0.25, 0.3) is 0 Å². The van der Waals surface area contributed by atoms with Gasteiger partial charge in [-0.2, -0.15) is 0 Å². The van der Waals surface area contributed by atoms with Crippen molar-refractivity contribution in [2.45, 2.75) is 42.6 Å². The highest BCUT2D eigenvalue weighted by atomic mass is 32.2. The Morgan fingerprint density at radius 1 is 1.25 bits per heavy atom. The van der Waals surface area contributed by atoms with Crippen LogP contribution in [-0.4, -0.2) is 37.6 Å². The molecule has 1 N–H and O–H groups in total. The zero-order valence-electron chi connectivity index (χ0n) is 16.4. The molecule has 0 aromatic heterocycles. The van der Waals surface area contributed by atoms with Gasteiger partial charge in [-0.3, -0.25) is 4.79 Å². The van der Waals surface area contributed by atoms with E-state index < -0.39 is 0 Å². The van der Waals surface area contributed by atoms with E-state index in [4.69, 9.17) is 14.2 Å². The van der Waals surface area contributed by atoms with Crippen molar-refractivity contribution in [3.8, 4) is 11.5 Å². The summed E-state index contributed by atoms with van der Waals surface area (Å²) in [5, 5.41) is 2.82. The molecule has 1 saturated heterocycles. The Hall–Kier alpha value is -2.18. The molecule has 2 unspecified atom stereocenters. The summed E-state index contributed by atoms with van der Waals surface area (Å²) in [4.78, 5) is 13.5. The van der Waals surface area contributed by atoms with Crippen LogP contribution in [0.25, 0.3) is 0 Å². The van der Waals surface area contributed by atoms with Gasteiger partial charge in [-0.05, 0) is 49.6 Å². The molecule has 1 fully saturated rings. The van der Waals surface area contributed by atoms with Crippen molar-refractivity contribution in [3.63, 3.8) is 0 Å². The molecule has 6 heteroatoms. The summed E-state index contributed by atoms with van der Waals surface area (Å²) < 4.78 is 16.9. The summed E-state index contributed by atoms with van der Waals surface area (Å²) in [6.07, 6.45) is 2.28. The highest BCUT2D eigenvalue weighted by molar-refractivity contribution is 8.00. The van der Waals surface area contributed by atoms with E-state index in [0.29, 0.717) is 24.7 Å². The van der Waals surface area contributed by atoms with Gasteiger partial charge >= 0.3 is 0 Å². The Morgan fingerprint density at radius 2 is 2.07 bits per heavy atom. The molecular weight excluding hydrogens is 374 g/mol. The summed E-state index contributed by atoms with van der Waals surface area (Å²) in [7, 11) is 1.62. The zero-order chi connectivity index (χ0) is 19.8. The van der Waals surface area contributed by atoms with Gasteiger partial charge in [-0.25, -0.2) is 0 Å². The molecule has 2 atom stereocenters. The van der Waals surface area contributed by atoms with E-state index in [0.717, 1.165) is 29.9 Å². The molecule has 1 aliphatic rings. The van der Waals surface area contributed by atoms with Crippen LogP contribution < -0.4 is 14.8 Å². The Bertz CT molecular complexity index is 762. The third kappa shape index (κ3) is 5.91. The third-order valence-electron chi connectivity index (χ3n) is 4.57.